The van der Waals surface area contributed by atoms with Crippen LogP contribution in [0.15, 0.2) is 0 Å². The van der Waals surface area contributed by atoms with Crippen LogP contribution in [0.5, 0.6) is 0 Å². The number of unbranched alkanes of at least 4 members (excludes halogenated alkanes) is 9. The molecule has 1 atom stereocenters. The van der Waals surface area contributed by atoms with Crippen LogP contribution in [0.3, 0.4) is 0 Å². The third kappa shape index (κ3) is 14.7. The zero-order valence-corrected chi connectivity index (χ0v) is 14.8. The molecule has 0 aromatic carbocycles. The van der Waals surface area contributed by atoms with E-state index in [4.69, 9.17) is 9.29 Å². The molecule has 0 aromatic heterocycles. The van der Waals surface area contributed by atoms with Gasteiger partial charge >= 0.3 is 0 Å². The van der Waals surface area contributed by atoms with Crippen molar-refractivity contribution in [2.24, 2.45) is 0 Å². The highest BCUT2D eigenvalue weighted by Gasteiger charge is 2.06. The number of ether oxygens (including phenoxy) is 1. The van der Waals surface area contributed by atoms with Gasteiger partial charge in [-0.3, -0.25) is 4.55 Å². The van der Waals surface area contributed by atoms with Crippen LogP contribution >= 0.6 is 0 Å². The molecule has 0 amide bonds. The molecule has 21 heavy (non-hydrogen) atoms. The fraction of sp³-hybridized carbons (Fsp3) is 1.00. The first-order chi connectivity index (χ1) is 10.2. The molecule has 128 valence electrons. The van der Waals surface area contributed by atoms with Crippen molar-refractivity contribution < 1.29 is 13.5 Å². The van der Waals surface area contributed by atoms with Gasteiger partial charge in [0.25, 0.3) is 0 Å². The topological polar surface area (TPSA) is 49.8 Å². The average molecular weight is 322 g/mol. The fourth-order valence-electron chi connectivity index (χ4n) is 2.31. The van der Waals surface area contributed by atoms with E-state index in [9.17, 15) is 4.21 Å². The SMILES string of the molecule is CCCCCCCCCCCCOCCN(CC)S(=O)O. The summed E-state index contributed by atoms with van der Waals surface area (Å²) in [5, 5.41) is 0. The van der Waals surface area contributed by atoms with Crippen molar-refractivity contribution in [3.8, 4) is 0 Å². The van der Waals surface area contributed by atoms with Gasteiger partial charge in [-0.05, 0) is 6.42 Å². The normalized spacial score (nSPS) is 13.0. The lowest BCUT2D eigenvalue weighted by Gasteiger charge is -2.14. The van der Waals surface area contributed by atoms with Crippen LogP contribution in [0.25, 0.3) is 0 Å². The van der Waals surface area contributed by atoms with E-state index in [-0.39, 0.29) is 0 Å². The van der Waals surface area contributed by atoms with Crippen LogP contribution in [0.2, 0.25) is 0 Å². The molecule has 0 aromatic rings. The van der Waals surface area contributed by atoms with Crippen molar-refractivity contribution in [3.63, 3.8) is 0 Å². The molecule has 0 heterocycles. The van der Waals surface area contributed by atoms with E-state index in [2.05, 4.69) is 6.92 Å². The van der Waals surface area contributed by atoms with Crippen LogP contribution < -0.4 is 0 Å². The summed E-state index contributed by atoms with van der Waals surface area (Å²) in [6.45, 7) is 6.53. The molecule has 0 aliphatic heterocycles. The highest BCUT2D eigenvalue weighted by atomic mass is 32.2. The van der Waals surface area contributed by atoms with Gasteiger partial charge < -0.3 is 4.74 Å². The predicted molar refractivity (Wildman–Crippen MR) is 90.7 cm³/mol. The summed E-state index contributed by atoms with van der Waals surface area (Å²) in [5.74, 6) is 0. The zero-order valence-electron chi connectivity index (χ0n) is 14.0. The molecule has 0 spiro atoms. The van der Waals surface area contributed by atoms with Crippen molar-refractivity contribution in [2.75, 3.05) is 26.3 Å². The van der Waals surface area contributed by atoms with E-state index >= 15 is 0 Å². The summed E-state index contributed by atoms with van der Waals surface area (Å²) < 4.78 is 26.8. The Balaban J connectivity index is 3.14. The molecular weight excluding hydrogens is 286 g/mol. The van der Waals surface area contributed by atoms with E-state index in [1.54, 1.807) is 0 Å². The van der Waals surface area contributed by atoms with Crippen molar-refractivity contribution in [2.45, 2.75) is 78.1 Å². The molecule has 0 aliphatic rings. The lowest BCUT2D eigenvalue weighted by molar-refractivity contribution is 0.119. The Morgan fingerprint density at radius 1 is 0.857 bits per heavy atom. The lowest BCUT2D eigenvalue weighted by Crippen LogP contribution is -2.29. The largest absolute Gasteiger partial charge is 0.380 e. The number of likely N-dealkylation sites (N-methyl/N-ethyl adjacent to an activating group) is 1. The van der Waals surface area contributed by atoms with Crippen molar-refractivity contribution in [3.05, 3.63) is 0 Å². The number of nitrogens with zero attached hydrogens (tertiary/aromatic N) is 1. The van der Waals surface area contributed by atoms with Crippen LogP contribution in [-0.2, 0) is 16.0 Å². The van der Waals surface area contributed by atoms with Gasteiger partial charge in [0.15, 0.2) is 0 Å². The first-order valence-corrected chi connectivity index (χ1v) is 9.72. The van der Waals surface area contributed by atoms with E-state index < -0.39 is 11.3 Å². The quantitative estimate of drug-likeness (QED) is 0.339. The van der Waals surface area contributed by atoms with E-state index in [0.29, 0.717) is 19.7 Å². The Bertz CT molecular complexity index is 240. The molecular formula is C16H35NO3S. The molecule has 1 unspecified atom stereocenters. The second-order valence-electron chi connectivity index (χ2n) is 5.55. The van der Waals surface area contributed by atoms with Crippen molar-refractivity contribution in [1.82, 2.24) is 4.31 Å². The maximum atomic E-state index is 10.9. The number of hydrogen-bond donors (Lipinski definition) is 1. The Morgan fingerprint density at radius 2 is 1.38 bits per heavy atom. The van der Waals surface area contributed by atoms with Gasteiger partial charge in [-0.25, -0.2) is 4.21 Å². The summed E-state index contributed by atoms with van der Waals surface area (Å²) in [6.07, 6.45) is 13.3. The highest BCUT2D eigenvalue weighted by Crippen LogP contribution is 2.10. The molecule has 0 rings (SSSR count). The van der Waals surface area contributed by atoms with Gasteiger partial charge in [0.2, 0.25) is 11.3 Å². The minimum absolute atomic E-state index is 0.525. The van der Waals surface area contributed by atoms with E-state index in [1.807, 2.05) is 6.92 Å². The zero-order chi connectivity index (χ0) is 15.8. The molecule has 0 fully saturated rings. The first-order valence-electron chi connectivity index (χ1n) is 8.66. The van der Waals surface area contributed by atoms with Crippen LogP contribution in [0.1, 0.15) is 78.1 Å². The molecule has 0 bridgehead atoms. The minimum Gasteiger partial charge on any atom is -0.380 e. The monoisotopic (exact) mass is 321 g/mol. The summed E-state index contributed by atoms with van der Waals surface area (Å²) in [5.41, 5.74) is 0. The summed E-state index contributed by atoms with van der Waals surface area (Å²) >= 11 is -1.87. The van der Waals surface area contributed by atoms with E-state index in [0.717, 1.165) is 13.0 Å². The summed E-state index contributed by atoms with van der Waals surface area (Å²) in [7, 11) is 0. The maximum absolute atomic E-state index is 10.9. The van der Waals surface area contributed by atoms with Crippen LogP contribution in [0, 0.1) is 0 Å². The Morgan fingerprint density at radius 3 is 1.86 bits per heavy atom. The Hall–Kier alpha value is 0.0300. The van der Waals surface area contributed by atoms with Crippen LogP contribution in [0.4, 0.5) is 0 Å². The third-order valence-corrected chi connectivity index (χ3v) is 4.58. The molecule has 0 radical (unpaired) electrons. The second kappa shape index (κ2) is 16.4. The summed E-state index contributed by atoms with van der Waals surface area (Å²) in [6, 6.07) is 0. The summed E-state index contributed by atoms with van der Waals surface area (Å²) in [4.78, 5) is 0. The van der Waals surface area contributed by atoms with Gasteiger partial charge in [0, 0.05) is 19.7 Å². The van der Waals surface area contributed by atoms with Crippen molar-refractivity contribution >= 4 is 11.3 Å². The first kappa shape index (κ1) is 21.0. The smallest absolute Gasteiger partial charge is 0.234 e. The lowest BCUT2D eigenvalue weighted by atomic mass is 10.1. The number of rotatable bonds is 16. The highest BCUT2D eigenvalue weighted by molar-refractivity contribution is 7.76. The molecule has 0 saturated heterocycles. The fourth-order valence-corrected chi connectivity index (χ4v) is 2.76. The molecule has 5 heteroatoms. The van der Waals surface area contributed by atoms with Gasteiger partial charge in [-0.15, -0.1) is 0 Å². The third-order valence-electron chi connectivity index (χ3n) is 3.70. The van der Waals surface area contributed by atoms with Gasteiger partial charge in [0.05, 0.1) is 6.61 Å². The van der Waals surface area contributed by atoms with Gasteiger partial charge in [-0.1, -0.05) is 71.6 Å². The Kier molecular flexibility index (Phi) is 16.4. The Labute approximate surface area is 134 Å². The molecule has 0 aliphatic carbocycles. The van der Waals surface area contributed by atoms with Crippen molar-refractivity contribution in [1.29, 1.82) is 0 Å². The molecule has 0 saturated carbocycles. The minimum atomic E-state index is -1.87. The van der Waals surface area contributed by atoms with E-state index in [1.165, 1.54) is 62.1 Å². The standard InChI is InChI=1S/C16H35NO3S/c1-3-5-6-7-8-9-10-11-12-13-15-20-16-14-17(4-2)21(18)19/h3-16H2,1-2H3,(H,18,19). The van der Waals surface area contributed by atoms with Gasteiger partial charge in [0.1, 0.15) is 0 Å². The van der Waals surface area contributed by atoms with Gasteiger partial charge in [-0.2, -0.15) is 4.31 Å². The maximum Gasteiger partial charge on any atom is 0.234 e. The number of hydrogen-bond acceptors (Lipinski definition) is 2. The van der Waals surface area contributed by atoms with Crippen LogP contribution in [-0.4, -0.2) is 39.4 Å². The molecule has 4 nitrogen and oxygen atoms in total. The average Bonchev–Trinajstić information content (AvgIpc) is 2.47. The predicted octanol–water partition coefficient (Wildman–Crippen LogP) is 4.38. The second-order valence-corrected chi connectivity index (χ2v) is 6.52. The molecule has 1 N–H and O–H groups in total.